The summed E-state index contributed by atoms with van der Waals surface area (Å²) in [5.41, 5.74) is -2.05. The summed E-state index contributed by atoms with van der Waals surface area (Å²) in [5.74, 6) is -13.1. The number of rotatable bonds is 3. The molecule has 0 fully saturated rings. The van der Waals surface area contributed by atoms with E-state index in [-0.39, 0.29) is 16.1 Å². The Bertz CT molecular complexity index is 1340. The lowest BCUT2D eigenvalue weighted by Gasteiger charge is -2.34. The molecule has 4 rings (SSSR count). The Kier molecular flexibility index (Phi) is 4.89. The van der Waals surface area contributed by atoms with E-state index in [0.717, 1.165) is 4.57 Å². The van der Waals surface area contributed by atoms with Crippen LogP contribution in [0, 0.1) is 26.2 Å². The average molecular weight is 485 g/mol. The minimum atomic E-state index is -5.64. The second kappa shape index (κ2) is 6.89. The number of benzene rings is 1. The van der Waals surface area contributed by atoms with E-state index in [1.54, 1.807) is 13.0 Å². The molecule has 1 aliphatic carbocycles. The quantitative estimate of drug-likeness (QED) is 0.342. The maximum absolute atomic E-state index is 15.4. The van der Waals surface area contributed by atoms with Crippen LogP contribution in [0.2, 0.25) is 0 Å². The number of methoxy groups -OCH3 is 1. The first-order valence-corrected chi connectivity index (χ1v) is 12.3. The van der Waals surface area contributed by atoms with E-state index in [9.17, 15) is 8.78 Å². The van der Waals surface area contributed by atoms with Crippen LogP contribution in [0.4, 0.5) is 26.3 Å². The van der Waals surface area contributed by atoms with Crippen molar-refractivity contribution in [1.82, 2.24) is 4.57 Å². The van der Waals surface area contributed by atoms with Gasteiger partial charge in [0.2, 0.25) is 0 Å². The number of allylic oxidation sites excluding steroid dienone is 5. The molecule has 176 valence electrons. The maximum atomic E-state index is 15.4. The minimum absolute atomic E-state index is 0.100. The molecular formula is C24H21F6NOS. The first-order chi connectivity index (χ1) is 15.2. The molecule has 33 heavy (non-hydrogen) atoms. The van der Waals surface area contributed by atoms with Crippen LogP contribution in [0.1, 0.15) is 11.3 Å². The molecule has 0 radical (unpaired) electrons. The predicted octanol–water partition coefficient (Wildman–Crippen LogP) is 6.88. The topological polar surface area (TPSA) is 14.2 Å². The van der Waals surface area contributed by atoms with Gasteiger partial charge in [0.15, 0.2) is 0 Å². The van der Waals surface area contributed by atoms with E-state index in [1.165, 1.54) is 50.8 Å². The van der Waals surface area contributed by atoms with E-state index in [0.29, 0.717) is 21.6 Å². The van der Waals surface area contributed by atoms with E-state index >= 15 is 17.6 Å². The summed E-state index contributed by atoms with van der Waals surface area (Å²) < 4.78 is 96.8. The predicted molar refractivity (Wildman–Crippen MR) is 120 cm³/mol. The standard InChI is InChI=1S/C24H21F6NOS/c1-7-16-9-11-19(33(16,5)6)20-21(23(27,28)24(29,30)22(20,25)26)31-14(3)13(2)17-12-15(32-4)8-10-18(17)31/h1,8-12H,2-6H3. The lowest BCUT2D eigenvalue weighted by molar-refractivity contribution is -0.260. The Morgan fingerprint density at radius 2 is 1.64 bits per heavy atom. The Morgan fingerprint density at radius 3 is 2.18 bits per heavy atom. The molecule has 0 saturated carbocycles. The van der Waals surface area contributed by atoms with E-state index in [1.807, 2.05) is 0 Å². The molecule has 0 N–H and O–H groups in total. The zero-order chi connectivity index (χ0) is 24.7. The molecule has 2 heterocycles. The number of halogens is 6. The number of aromatic nitrogens is 1. The van der Waals surface area contributed by atoms with Crippen molar-refractivity contribution in [1.29, 1.82) is 0 Å². The number of alkyl halides is 6. The number of hydrogen-bond acceptors (Lipinski definition) is 1. The Morgan fingerprint density at radius 1 is 1.00 bits per heavy atom. The van der Waals surface area contributed by atoms with Crippen LogP contribution in [0.25, 0.3) is 16.6 Å². The third kappa shape index (κ3) is 2.73. The van der Waals surface area contributed by atoms with Crippen LogP contribution in [0.3, 0.4) is 0 Å². The van der Waals surface area contributed by atoms with Gasteiger partial charge >= 0.3 is 17.8 Å². The SMILES string of the molecule is C#CC1=CC=C(C2=C(n3c(C)c(C)c4cc(OC)ccc43)C(F)(F)C(F)(F)C2(F)F)S1(C)C. The molecule has 2 aliphatic rings. The Balaban J connectivity index is 2.16. The highest BCUT2D eigenvalue weighted by molar-refractivity contribution is 8.39. The highest BCUT2D eigenvalue weighted by atomic mass is 32.3. The Labute approximate surface area is 188 Å². The van der Waals surface area contributed by atoms with Gasteiger partial charge in [-0.15, -0.1) is 6.42 Å². The second-order valence-electron chi connectivity index (χ2n) is 8.41. The molecule has 0 amide bonds. The molecule has 1 aromatic carbocycles. The van der Waals surface area contributed by atoms with Gasteiger partial charge in [-0.2, -0.15) is 36.4 Å². The molecule has 2 nitrogen and oxygen atoms in total. The summed E-state index contributed by atoms with van der Waals surface area (Å²) in [6.45, 7) is 3.04. The second-order valence-corrected chi connectivity index (χ2v) is 11.9. The highest BCUT2D eigenvalue weighted by Crippen LogP contribution is 2.70. The largest absolute Gasteiger partial charge is 0.497 e. The maximum Gasteiger partial charge on any atom is 0.382 e. The van der Waals surface area contributed by atoms with E-state index in [2.05, 4.69) is 5.92 Å². The summed E-state index contributed by atoms with van der Waals surface area (Å²) in [4.78, 5) is 0.0356. The van der Waals surface area contributed by atoms with Crippen molar-refractivity contribution in [3.05, 3.63) is 57.0 Å². The Hall–Kier alpha value is -2.73. The van der Waals surface area contributed by atoms with E-state index in [4.69, 9.17) is 11.2 Å². The molecule has 0 saturated heterocycles. The number of aryl methyl sites for hydroxylation is 1. The fourth-order valence-corrected chi connectivity index (χ4v) is 6.53. The summed E-state index contributed by atoms with van der Waals surface area (Å²) in [6.07, 6.45) is 11.1. The van der Waals surface area contributed by atoms with Crippen molar-refractivity contribution < 1.29 is 31.1 Å². The van der Waals surface area contributed by atoms with Crippen LogP contribution in [-0.2, 0) is 0 Å². The molecule has 0 bridgehead atoms. The monoisotopic (exact) mass is 485 g/mol. The first-order valence-electron chi connectivity index (χ1n) is 9.83. The van der Waals surface area contributed by atoms with Crippen LogP contribution < -0.4 is 4.74 Å². The minimum Gasteiger partial charge on any atom is -0.497 e. The van der Waals surface area contributed by atoms with Gasteiger partial charge in [0.25, 0.3) is 0 Å². The summed E-state index contributed by atoms with van der Waals surface area (Å²) in [5, 5.41) is 0.433. The third-order valence-electron chi connectivity index (χ3n) is 6.46. The average Bonchev–Trinajstić information content (AvgIpc) is 3.20. The summed E-state index contributed by atoms with van der Waals surface area (Å²) >= 11 is 0. The number of nitrogens with zero attached hydrogens (tertiary/aromatic N) is 1. The molecule has 0 unspecified atom stereocenters. The fraction of sp³-hybridized carbons (Fsp3) is 0.333. The zero-order valence-corrected chi connectivity index (χ0v) is 19.3. The molecule has 2 aromatic rings. The number of hydrogen-bond donors (Lipinski definition) is 0. The van der Waals surface area contributed by atoms with Gasteiger partial charge in [-0.25, -0.2) is 0 Å². The van der Waals surface area contributed by atoms with Gasteiger partial charge in [0.05, 0.1) is 18.2 Å². The van der Waals surface area contributed by atoms with Crippen molar-refractivity contribution >= 4 is 26.6 Å². The highest BCUT2D eigenvalue weighted by Gasteiger charge is 2.81. The number of terminal acetylenes is 1. The van der Waals surface area contributed by atoms with Gasteiger partial charge in [0, 0.05) is 20.9 Å². The van der Waals surface area contributed by atoms with Crippen LogP contribution in [-0.4, -0.2) is 42.0 Å². The van der Waals surface area contributed by atoms with Gasteiger partial charge in [-0.3, -0.25) is 0 Å². The van der Waals surface area contributed by atoms with Gasteiger partial charge < -0.3 is 9.30 Å². The van der Waals surface area contributed by atoms with Crippen LogP contribution in [0.5, 0.6) is 5.75 Å². The van der Waals surface area contributed by atoms with Crippen molar-refractivity contribution in [2.45, 2.75) is 31.6 Å². The smallest absolute Gasteiger partial charge is 0.382 e. The van der Waals surface area contributed by atoms with Crippen molar-refractivity contribution in [2.75, 3.05) is 19.6 Å². The van der Waals surface area contributed by atoms with Crippen molar-refractivity contribution in [3.63, 3.8) is 0 Å². The third-order valence-corrected chi connectivity index (χ3v) is 9.25. The lowest BCUT2D eigenvalue weighted by Crippen LogP contribution is -2.49. The van der Waals surface area contributed by atoms with Crippen LogP contribution >= 0.6 is 10.0 Å². The molecule has 0 spiro atoms. The normalized spacial score (nSPS) is 23.3. The van der Waals surface area contributed by atoms with Crippen LogP contribution in [0.15, 0.2) is 45.7 Å². The van der Waals surface area contributed by atoms with Crippen molar-refractivity contribution in [3.8, 4) is 18.1 Å². The summed E-state index contributed by atoms with van der Waals surface area (Å²) in [7, 11) is -0.978. The van der Waals surface area contributed by atoms with Gasteiger partial charge in [-0.1, -0.05) is 5.92 Å². The molecule has 1 aliphatic heterocycles. The molecule has 1 aromatic heterocycles. The number of fused-ring (bicyclic) bond motifs is 1. The van der Waals surface area contributed by atoms with Gasteiger partial charge in [-0.05, 0) is 62.3 Å². The van der Waals surface area contributed by atoms with Gasteiger partial charge in [0.1, 0.15) is 11.4 Å². The zero-order valence-electron chi connectivity index (χ0n) is 18.5. The molecular weight excluding hydrogens is 464 g/mol. The summed E-state index contributed by atoms with van der Waals surface area (Å²) in [6, 6.07) is 4.42. The molecule has 9 heteroatoms. The molecule has 0 atom stereocenters. The first kappa shape index (κ1) is 23.4. The lowest BCUT2D eigenvalue weighted by atomic mass is 10.1. The fourth-order valence-electron chi connectivity index (χ4n) is 4.45. The number of ether oxygens (including phenoxy) is 1. The van der Waals surface area contributed by atoms with E-state index < -0.39 is 39.1 Å². The van der Waals surface area contributed by atoms with Crippen molar-refractivity contribution in [2.24, 2.45) is 0 Å².